The quantitative estimate of drug-likeness (QED) is 0.816. The van der Waals surface area contributed by atoms with Gasteiger partial charge in [0.25, 0.3) is 10.0 Å². The zero-order valence-corrected chi connectivity index (χ0v) is 13.5. The summed E-state index contributed by atoms with van der Waals surface area (Å²) in [6.07, 6.45) is 0.702. The summed E-state index contributed by atoms with van der Waals surface area (Å²) in [4.78, 5) is 11.3. The van der Waals surface area contributed by atoms with E-state index in [-0.39, 0.29) is 28.7 Å². The molecular formula is C12H19ClN2O5S. The molecule has 120 valence electrons. The number of furan rings is 1. The minimum atomic E-state index is -3.74. The van der Waals surface area contributed by atoms with Gasteiger partial charge in [0, 0.05) is 13.1 Å². The molecule has 1 aromatic heterocycles. The van der Waals surface area contributed by atoms with Gasteiger partial charge >= 0.3 is 5.97 Å². The largest absolute Gasteiger partial charge is 0.463 e. The van der Waals surface area contributed by atoms with Crippen LogP contribution in [-0.2, 0) is 14.8 Å². The summed E-state index contributed by atoms with van der Waals surface area (Å²) >= 11 is 0. The van der Waals surface area contributed by atoms with Crippen LogP contribution in [-0.4, -0.2) is 45.4 Å². The Bertz CT molecular complexity index is 615. The molecule has 1 aliphatic heterocycles. The summed E-state index contributed by atoms with van der Waals surface area (Å²) < 4.78 is 35.7. The van der Waals surface area contributed by atoms with Gasteiger partial charge in [-0.3, -0.25) is 0 Å². The SMILES string of the molecule is COC(=O)c1ccc(S(=O)(=O)N2CCC(C)(CN)C2)o1.Cl. The molecule has 2 rings (SSSR count). The molecule has 7 nitrogen and oxygen atoms in total. The number of ether oxygens (including phenoxy) is 1. The summed E-state index contributed by atoms with van der Waals surface area (Å²) in [6, 6.07) is 2.55. The second-order valence-corrected chi connectivity index (χ2v) is 7.08. The molecule has 1 atom stereocenters. The van der Waals surface area contributed by atoms with Crippen LogP contribution in [0.25, 0.3) is 0 Å². The Morgan fingerprint density at radius 1 is 1.52 bits per heavy atom. The number of halogens is 1. The van der Waals surface area contributed by atoms with Crippen molar-refractivity contribution in [3.05, 3.63) is 17.9 Å². The zero-order chi connectivity index (χ0) is 15.0. The number of sulfonamides is 1. The third-order valence-corrected chi connectivity index (χ3v) is 5.30. The molecule has 0 amide bonds. The predicted molar refractivity (Wildman–Crippen MR) is 77.8 cm³/mol. The van der Waals surface area contributed by atoms with E-state index >= 15 is 0 Å². The lowest BCUT2D eigenvalue weighted by molar-refractivity contribution is 0.0558. The number of carbonyl (C=O) groups excluding carboxylic acids is 1. The lowest BCUT2D eigenvalue weighted by Gasteiger charge is -2.21. The van der Waals surface area contributed by atoms with Crippen molar-refractivity contribution in [1.29, 1.82) is 0 Å². The molecule has 1 saturated heterocycles. The van der Waals surface area contributed by atoms with Crippen LogP contribution in [0.5, 0.6) is 0 Å². The number of rotatable bonds is 4. The number of hydrogen-bond donors (Lipinski definition) is 1. The van der Waals surface area contributed by atoms with Gasteiger partial charge in [-0.05, 0) is 30.5 Å². The fourth-order valence-electron chi connectivity index (χ4n) is 2.15. The lowest BCUT2D eigenvalue weighted by atomic mass is 9.90. The first-order valence-electron chi connectivity index (χ1n) is 6.21. The third-order valence-electron chi connectivity index (χ3n) is 3.58. The molecule has 0 bridgehead atoms. The molecule has 1 aromatic rings. The normalized spacial score (nSPS) is 22.8. The van der Waals surface area contributed by atoms with Gasteiger partial charge in [0.05, 0.1) is 7.11 Å². The minimum Gasteiger partial charge on any atom is -0.463 e. The number of nitrogens with two attached hydrogens (primary N) is 1. The van der Waals surface area contributed by atoms with Gasteiger partial charge in [0.15, 0.2) is 0 Å². The highest BCUT2D eigenvalue weighted by molar-refractivity contribution is 7.89. The molecule has 9 heteroatoms. The Labute approximate surface area is 129 Å². The van der Waals surface area contributed by atoms with Gasteiger partial charge in [0.1, 0.15) is 0 Å². The fraction of sp³-hybridized carbons (Fsp3) is 0.583. The number of esters is 1. The molecule has 1 aliphatic rings. The van der Waals surface area contributed by atoms with Crippen LogP contribution in [0.4, 0.5) is 0 Å². The van der Waals surface area contributed by atoms with Crippen LogP contribution >= 0.6 is 12.4 Å². The van der Waals surface area contributed by atoms with Crippen molar-refractivity contribution in [3.8, 4) is 0 Å². The number of nitrogens with zero attached hydrogens (tertiary/aromatic N) is 1. The van der Waals surface area contributed by atoms with Gasteiger partial charge < -0.3 is 14.9 Å². The van der Waals surface area contributed by atoms with E-state index in [0.717, 1.165) is 0 Å². The lowest BCUT2D eigenvalue weighted by Crippen LogP contribution is -2.34. The molecule has 0 spiro atoms. The highest BCUT2D eigenvalue weighted by Gasteiger charge is 2.40. The zero-order valence-electron chi connectivity index (χ0n) is 11.9. The topological polar surface area (TPSA) is 103 Å². The van der Waals surface area contributed by atoms with Crippen molar-refractivity contribution < 1.29 is 22.4 Å². The van der Waals surface area contributed by atoms with Crippen molar-refractivity contribution >= 4 is 28.4 Å². The van der Waals surface area contributed by atoms with Crippen molar-refractivity contribution in [2.75, 3.05) is 26.7 Å². The summed E-state index contributed by atoms with van der Waals surface area (Å²) in [7, 11) is -2.54. The van der Waals surface area contributed by atoms with E-state index in [9.17, 15) is 13.2 Å². The Hall–Kier alpha value is -1.09. The second kappa shape index (κ2) is 6.35. The van der Waals surface area contributed by atoms with E-state index in [1.807, 2.05) is 6.92 Å². The van der Waals surface area contributed by atoms with E-state index in [1.165, 1.54) is 23.5 Å². The van der Waals surface area contributed by atoms with E-state index in [0.29, 0.717) is 26.1 Å². The van der Waals surface area contributed by atoms with E-state index < -0.39 is 16.0 Å². The standard InChI is InChI=1S/C12H18N2O5S.ClH/c1-12(7-13)5-6-14(8-12)20(16,17)10-4-3-9(19-10)11(15)18-2;/h3-4H,5-8,13H2,1-2H3;1H. The van der Waals surface area contributed by atoms with Crippen molar-refractivity contribution in [1.82, 2.24) is 4.31 Å². The van der Waals surface area contributed by atoms with Gasteiger partial charge in [-0.1, -0.05) is 6.92 Å². The van der Waals surface area contributed by atoms with E-state index in [2.05, 4.69) is 4.74 Å². The number of hydrogen-bond acceptors (Lipinski definition) is 6. The average molecular weight is 339 g/mol. The smallest absolute Gasteiger partial charge is 0.374 e. The Morgan fingerprint density at radius 2 is 2.19 bits per heavy atom. The van der Waals surface area contributed by atoms with Crippen LogP contribution in [0.15, 0.2) is 21.6 Å². The third kappa shape index (κ3) is 3.39. The van der Waals surface area contributed by atoms with Crippen LogP contribution in [0.3, 0.4) is 0 Å². The monoisotopic (exact) mass is 338 g/mol. The Morgan fingerprint density at radius 3 is 2.71 bits per heavy atom. The maximum absolute atomic E-state index is 12.4. The maximum Gasteiger partial charge on any atom is 0.374 e. The van der Waals surface area contributed by atoms with Crippen LogP contribution in [0, 0.1) is 5.41 Å². The highest BCUT2D eigenvalue weighted by Crippen LogP contribution is 2.32. The molecule has 1 fully saturated rings. The van der Waals surface area contributed by atoms with Crippen LogP contribution in [0.2, 0.25) is 0 Å². The second-order valence-electron chi connectivity index (χ2n) is 5.21. The Balaban J connectivity index is 0.00000220. The first kappa shape index (κ1) is 18.0. The summed E-state index contributed by atoms with van der Waals surface area (Å²) in [5.74, 6) is -0.841. The fourth-order valence-corrected chi connectivity index (χ4v) is 3.65. The van der Waals surface area contributed by atoms with Crippen LogP contribution < -0.4 is 5.73 Å². The van der Waals surface area contributed by atoms with Crippen LogP contribution in [0.1, 0.15) is 23.9 Å². The summed E-state index contributed by atoms with van der Waals surface area (Å²) in [5.41, 5.74) is 5.45. The first-order valence-corrected chi connectivity index (χ1v) is 7.65. The molecule has 21 heavy (non-hydrogen) atoms. The number of methoxy groups -OCH3 is 1. The van der Waals surface area contributed by atoms with Gasteiger partial charge in [-0.2, -0.15) is 4.31 Å². The number of carbonyl (C=O) groups is 1. The summed E-state index contributed by atoms with van der Waals surface area (Å²) in [6.45, 7) is 3.11. The molecule has 0 aliphatic carbocycles. The molecule has 2 heterocycles. The van der Waals surface area contributed by atoms with E-state index in [1.54, 1.807) is 0 Å². The van der Waals surface area contributed by atoms with Crippen molar-refractivity contribution in [3.63, 3.8) is 0 Å². The van der Waals surface area contributed by atoms with Crippen molar-refractivity contribution in [2.24, 2.45) is 11.1 Å². The highest BCUT2D eigenvalue weighted by atomic mass is 35.5. The van der Waals surface area contributed by atoms with E-state index in [4.69, 9.17) is 10.2 Å². The first-order chi connectivity index (χ1) is 9.32. The van der Waals surface area contributed by atoms with Gasteiger partial charge in [0.2, 0.25) is 10.9 Å². The van der Waals surface area contributed by atoms with Gasteiger partial charge in [-0.15, -0.1) is 12.4 Å². The summed E-state index contributed by atoms with van der Waals surface area (Å²) in [5, 5.41) is -0.251. The average Bonchev–Trinajstić information content (AvgIpc) is 3.05. The molecule has 0 radical (unpaired) electrons. The predicted octanol–water partition coefficient (Wildman–Crippen LogP) is 0.847. The maximum atomic E-state index is 12.4. The van der Waals surface area contributed by atoms with Gasteiger partial charge in [-0.25, -0.2) is 13.2 Å². The molecule has 0 aromatic carbocycles. The molecular weight excluding hydrogens is 320 g/mol. The molecule has 2 N–H and O–H groups in total. The minimum absolute atomic E-state index is 0. The Kier molecular flexibility index (Phi) is 5.43. The molecule has 0 saturated carbocycles. The van der Waals surface area contributed by atoms with Crippen molar-refractivity contribution in [2.45, 2.75) is 18.4 Å². The molecule has 1 unspecified atom stereocenters.